The predicted octanol–water partition coefficient (Wildman–Crippen LogP) is 5.99. The third kappa shape index (κ3) is 5.89. The second kappa shape index (κ2) is 11.4. The molecule has 38 heavy (non-hydrogen) atoms. The fourth-order valence-electron chi connectivity index (χ4n) is 4.58. The summed E-state index contributed by atoms with van der Waals surface area (Å²) in [4.78, 5) is 18.3. The lowest BCUT2D eigenvalue weighted by Crippen LogP contribution is -2.41. The third-order valence-corrected chi connectivity index (χ3v) is 7.25. The van der Waals surface area contributed by atoms with Crippen molar-refractivity contribution in [2.45, 2.75) is 38.8 Å². The van der Waals surface area contributed by atoms with Crippen LogP contribution in [0.15, 0.2) is 61.1 Å². The Bertz CT molecular complexity index is 1360. The predicted molar refractivity (Wildman–Crippen MR) is 155 cm³/mol. The molecule has 0 amide bonds. The summed E-state index contributed by atoms with van der Waals surface area (Å²) in [6, 6.07) is 17.0. The molecule has 1 fully saturated rings. The molecule has 2 N–H and O–H groups in total. The highest BCUT2D eigenvalue weighted by molar-refractivity contribution is 6.33. The summed E-state index contributed by atoms with van der Waals surface area (Å²) in [5.41, 5.74) is 3.78. The minimum absolute atomic E-state index is 0.227. The Morgan fingerprint density at radius 3 is 2.45 bits per heavy atom. The van der Waals surface area contributed by atoms with Crippen molar-refractivity contribution in [3.8, 4) is 11.4 Å². The molecule has 0 aliphatic carbocycles. The van der Waals surface area contributed by atoms with Crippen LogP contribution in [-0.4, -0.2) is 62.9 Å². The summed E-state index contributed by atoms with van der Waals surface area (Å²) in [5.74, 6) is 1.59. The van der Waals surface area contributed by atoms with Crippen LogP contribution in [0.1, 0.15) is 32.7 Å². The van der Waals surface area contributed by atoms with Crippen LogP contribution in [-0.2, 0) is 0 Å². The maximum Gasteiger partial charge on any atom is 0.229 e. The lowest BCUT2D eigenvalue weighted by Gasteiger charge is -2.36. The normalized spacial score (nSPS) is 14.6. The molecule has 2 aromatic carbocycles. The Morgan fingerprint density at radius 2 is 1.74 bits per heavy atom. The number of halogens is 1. The van der Waals surface area contributed by atoms with Gasteiger partial charge in [-0.1, -0.05) is 23.7 Å². The Hall–Kier alpha value is -3.69. The molecule has 0 radical (unpaired) electrons. The largest absolute Gasteiger partial charge is 0.372 e. The maximum atomic E-state index is 6.47. The van der Waals surface area contributed by atoms with Gasteiger partial charge in [-0.05, 0) is 83.2 Å². The van der Waals surface area contributed by atoms with Crippen LogP contribution < -0.4 is 15.5 Å². The van der Waals surface area contributed by atoms with Gasteiger partial charge in [0.25, 0.3) is 0 Å². The van der Waals surface area contributed by atoms with Crippen LogP contribution in [0.5, 0.6) is 0 Å². The molecule has 0 spiro atoms. The molecule has 1 aliphatic rings. The highest BCUT2D eigenvalue weighted by Gasteiger charge is 2.21. The molecule has 198 valence electrons. The number of likely N-dealkylation sites (tertiary alicyclic amines) is 1. The molecule has 5 rings (SSSR count). The summed E-state index contributed by atoms with van der Waals surface area (Å²) in [7, 11) is 4.37. The van der Waals surface area contributed by atoms with Crippen molar-refractivity contribution in [2.24, 2.45) is 0 Å². The summed E-state index contributed by atoms with van der Waals surface area (Å²) >= 11 is 6.47. The number of nitrogens with zero attached hydrogens (tertiary/aromatic N) is 7. The van der Waals surface area contributed by atoms with Gasteiger partial charge in [0, 0.05) is 36.1 Å². The molecule has 0 unspecified atom stereocenters. The second-order valence-corrected chi connectivity index (χ2v) is 10.4. The molecule has 1 saturated heterocycles. The standard InChI is InChI=1S/C28H34ClN9/c1-19(2)38-18-31-26(35-38)23-7-5-6-8-25(23)33-27-24(29)17-30-28(34-27)32-20-9-11-21(12-10-20)37(4)22-13-15-36(3)16-14-22/h5-12,17-19,22H,13-16H2,1-4H3,(H2,30,32,33,34). The molecular formula is C28H34ClN9. The summed E-state index contributed by atoms with van der Waals surface area (Å²) in [6.45, 7) is 6.42. The smallest absolute Gasteiger partial charge is 0.229 e. The first-order valence-electron chi connectivity index (χ1n) is 13.0. The monoisotopic (exact) mass is 531 g/mol. The van der Waals surface area contributed by atoms with Crippen LogP contribution in [0.3, 0.4) is 0 Å². The van der Waals surface area contributed by atoms with Gasteiger partial charge in [-0.3, -0.25) is 0 Å². The highest BCUT2D eigenvalue weighted by atomic mass is 35.5. The van der Waals surface area contributed by atoms with Crippen molar-refractivity contribution in [1.29, 1.82) is 0 Å². The summed E-state index contributed by atoms with van der Waals surface area (Å²) < 4.78 is 1.84. The van der Waals surface area contributed by atoms with E-state index in [0.717, 1.165) is 30.0 Å². The Balaban J connectivity index is 1.30. The highest BCUT2D eigenvalue weighted by Crippen LogP contribution is 2.31. The zero-order valence-corrected chi connectivity index (χ0v) is 23.0. The van der Waals surface area contributed by atoms with Crippen LogP contribution in [0.2, 0.25) is 5.02 Å². The van der Waals surface area contributed by atoms with Gasteiger partial charge in [0.1, 0.15) is 11.3 Å². The van der Waals surface area contributed by atoms with E-state index in [2.05, 4.69) is 92.7 Å². The van der Waals surface area contributed by atoms with E-state index >= 15 is 0 Å². The zero-order chi connectivity index (χ0) is 26.6. The Morgan fingerprint density at radius 1 is 1.00 bits per heavy atom. The number of nitrogens with one attached hydrogen (secondary N) is 2. The molecule has 1 aliphatic heterocycles. The minimum atomic E-state index is 0.227. The number of para-hydroxylation sites is 1. The molecule has 10 heteroatoms. The number of rotatable bonds is 8. The van der Waals surface area contributed by atoms with Crippen molar-refractivity contribution in [1.82, 2.24) is 29.6 Å². The fourth-order valence-corrected chi connectivity index (χ4v) is 4.72. The third-order valence-electron chi connectivity index (χ3n) is 6.97. The first kappa shape index (κ1) is 25.9. The van der Waals surface area contributed by atoms with Gasteiger partial charge >= 0.3 is 0 Å². The van der Waals surface area contributed by atoms with Crippen molar-refractivity contribution >= 4 is 40.4 Å². The molecule has 3 heterocycles. The lowest BCUT2D eigenvalue weighted by molar-refractivity contribution is 0.253. The fraction of sp³-hybridized carbons (Fsp3) is 0.357. The topological polar surface area (TPSA) is 87.0 Å². The number of hydrogen-bond donors (Lipinski definition) is 2. The molecule has 9 nitrogen and oxygen atoms in total. The van der Waals surface area contributed by atoms with Crippen molar-refractivity contribution in [2.75, 3.05) is 42.7 Å². The van der Waals surface area contributed by atoms with Crippen molar-refractivity contribution < 1.29 is 0 Å². The van der Waals surface area contributed by atoms with Gasteiger partial charge in [0.15, 0.2) is 11.6 Å². The number of hydrogen-bond acceptors (Lipinski definition) is 8. The number of aromatic nitrogens is 5. The van der Waals surface area contributed by atoms with Crippen LogP contribution in [0, 0.1) is 0 Å². The van der Waals surface area contributed by atoms with Crippen LogP contribution in [0.4, 0.5) is 28.8 Å². The molecule has 4 aromatic rings. The van der Waals surface area contributed by atoms with Crippen LogP contribution in [0.25, 0.3) is 11.4 Å². The number of piperidine rings is 1. The van der Waals surface area contributed by atoms with Crippen LogP contribution >= 0.6 is 11.6 Å². The van der Waals surface area contributed by atoms with Gasteiger partial charge in [-0.2, -0.15) is 10.1 Å². The SMILES string of the molecule is CC(C)n1cnc(-c2ccccc2Nc2nc(Nc3ccc(N(C)C4CCN(C)CC4)cc3)ncc2Cl)n1. The number of anilines is 5. The molecular weight excluding hydrogens is 498 g/mol. The Kier molecular flexibility index (Phi) is 7.76. The minimum Gasteiger partial charge on any atom is -0.372 e. The molecule has 0 saturated carbocycles. The van der Waals surface area contributed by atoms with E-state index in [9.17, 15) is 0 Å². The van der Waals surface area contributed by atoms with E-state index in [1.54, 1.807) is 12.5 Å². The van der Waals surface area contributed by atoms with Gasteiger partial charge < -0.3 is 20.4 Å². The van der Waals surface area contributed by atoms with E-state index < -0.39 is 0 Å². The van der Waals surface area contributed by atoms with E-state index in [0.29, 0.717) is 28.7 Å². The summed E-state index contributed by atoms with van der Waals surface area (Å²) in [5, 5.41) is 11.7. The molecule has 0 bridgehead atoms. The van der Waals surface area contributed by atoms with Crippen molar-refractivity contribution in [3.05, 3.63) is 66.1 Å². The van der Waals surface area contributed by atoms with Crippen molar-refractivity contribution in [3.63, 3.8) is 0 Å². The first-order chi connectivity index (χ1) is 18.4. The van der Waals surface area contributed by atoms with E-state index in [1.807, 2.05) is 28.9 Å². The quantitative estimate of drug-likeness (QED) is 0.287. The van der Waals surface area contributed by atoms with Gasteiger partial charge in [-0.15, -0.1) is 0 Å². The second-order valence-electron chi connectivity index (χ2n) is 10.0. The summed E-state index contributed by atoms with van der Waals surface area (Å²) in [6.07, 6.45) is 5.70. The lowest BCUT2D eigenvalue weighted by atomic mass is 10.0. The van der Waals surface area contributed by atoms with E-state index in [-0.39, 0.29) is 6.04 Å². The average Bonchev–Trinajstić information content (AvgIpc) is 3.42. The first-order valence-corrected chi connectivity index (χ1v) is 13.3. The maximum absolute atomic E-state index is 6.47. The number of benzene rings is 2. The van der Waals surface area contributed by atoms with E-state index in [4.69, 9.17) is 11.6 Å². The Labute approximate surface area is 228 Å². The van der Waals surface area contributed by atoms with Gasteiger partial charge in [-0.25, -0.2) is 14.6 Å². The van der Waals surface area contributed by atoms with E-state index in [1.165, 1.54) is 18.5 Å². The zero-order valence-electron chi connectivity index (χ0n) is 22.3. The van der Waals surface area contributed by atoms with Gasteiger partial charge in [0.2, 0.25) is 5.95 Å². The molecule has 0 atom stereocenters. The van der Waals surface area contributed by atoms with Gasteiger partial charge in [0.05, 0.1) is 11.9 Å². The average molecular weight is 532 g/mol. The molecule has 2 aromatic heterocycles.